The third-order valence-corrected chi connectivity index (χ3v) is 8.73. The van der Waals surface area contributed by atoms with Crippen LogP contribution in [0.25, 0.3) is 10.9 Å². The zero-order chi connectivity index (χ0) is 28.9. The second-order valence-electron chi connectivity index (χ2n) is 12.5. The van der Waals surface area contributed by atoms with E-state index in [9.17, 15) is 8.78 Å². The molecule has 1 N–H and O–H groups in total. The second-order valence-corrected chi connectivity index (χ2v) is 12.5. The van der Waals surface area contributed by atoms with Crippen LogP contribution in [0.4, 0.5) is 20.5 Å². The topological polar surface area (TPSA) is 72.0 Å². The molecule has 0 aliphatic carbocycles. The van der Waals surface area contributed by atoms with Crippen molar-refractivity contribution in [2.24, 2.45) is 5.92 Å². The van der Waals surface area contributed by atoms with Crippen molar-refractivity contribution >= 4 is 22.7 Å². The summed E-state index contributed by atoms with van der Waals surface area (Å²) in [5.41, 5.74) is 0.453. The third-order valence-electron chi connectivity index (χ3n) is 8.73. The minimum absolute atomic E-state index is 0.197. The number of nitrogens with one attached hydrogen (secondary N) is 1. The minimum atomic E-state index is -2.64. The van der Waals surface area contributed by atoms with Gasteiger partial charge in [-0.25, -0.2) is 13.8 Å². The molecule has 0 bridgehead atoms. The number of alkyl halides is 2. The van der Waals surface area contributed by atoms with E-state index in [1.54, 1.807) is 7.11 Å². The van der Waals surface area contributed by atoms with Crippen molar-refractivity contribution in [3.63, 3.8) is 0 Å². The number of piperidine rings is 1. The molecule has 0 radical (unpaired) electrons. The van der Waals surface area contributed by atoms with Crippen LogP contribution in [0.3, 0.4) is 0 Å². The lowest BCUT2D eigenvalue weighted by Crippen LogP contribution is -2.46. The predicted molar refractivity (Wildman–Crippen MR) is 159 cm³/mol. The molecular formula is C31H47F2N5O3. The van der Waals surface area contributed by atoms with Crippen LogP contribution in [0, 0.1) is 5.92 Å². The zero-order valence-electron chi connectivity index (χ0n) is 25.0. The quantitative estimate of drug-likeness (QED) is 0.303. The fourth-order valence-electron chi connectivity index (χ4n) is 6.17. The molecule has 0 spiro atoms. The Morgan fingerprint density at radius 3 is 2.49 bits per heavy atom. The van der Waals surface area contributed by atoms with E-state index >= 15 is 0 Å². The lowest BCUT2D eigenvalue weighted by Gasteiger charge is -2.39. The number of ether oxygens (including phenoxy) is 3. The lowest BCUT2D eigenvalue weighted by atomic mass is 9.85. The lowest BCUT2D eigenvalue weighted by molar-refractivity contribution is -0.0222. The number of hydrogen-bond acceptors (Lipinski definition) is 8. The van der Waals surface area contributed by atoms with Gasteiger partial charge >= 0.3 is 0 Å². The molecule has 41 heavy (non-hydrogen) atoms. The number of nitrogens with zero attached hydrogens (tertiary/aromatic N) is 4. The van der Waals surface area contributed by atoms with Crippen LogP contribution in [0.5, 0.6) is 11.5 Å². The Hall–Kier alpha value is -2.46. The summed E-state index contributed by atoms with van der Waals surface area (Å²) in [6.07, 6.45) is 7.06. The summed E-state index contributed by atoms with van der Waals surface area (Å²) in [4.78, 5) is 14.2. The van der Waals surface area contributed by atoms with E-state index in [0.29, 0.717) is 47.9 Å². The molecule has 0 amide bonds. The van der Waals surface area contributed by atoms with Gasteiger partial charge in [-0.15, -0.1) is 0 Å². The first-order chi connectivity index (χ1) is 19.8. The molecule has 1 aromatic carbocycles. The number of aromatic nitrogens is 2. The molecule has 5 rings (SSSR count). The van der Waals surface area contributed by atoms with E-state index in [-0.39, 0.29) is 31.5 Å². The SMILES string of the molecule is COc1cc2c(N[C@]3(CCC(C)C)CCCOC3)nc(N3CCC(F)(F)CC3)nc2cc1OCCCN1CCCC1. The Morgan fingerprint density at radius 2 is 1.80 bits per heavy atom. The summed E-state index contributed by atoms with van der Waals surface area (Å²) in [5, 5.41) is 4.62. The number of fused-ring (bicyclic) bond motifs is 1. The molecule has 1 aromatic heterocycles. The first-order valence-corrected chi connectivity index (χ1v) is 15.5. The average Bonchev–Trinajstić information content (AvgIpc) is 3.48. The average molecular weight is 576 g/mol. The van der Waals surface area contributed by atoms with E-state index < -0.39 is 5.92 Å². The maximum atomic E-state index is 14.0. The number of likely N-dealkylation sites (tertiary alicyclic amines) is 1. The van der Waals surface area contributed by atoms with Gasteiger partial charge in [0, 0.05) is 50.5 Å². The standard InChI is InChI=1S/C31H47F2N5O3/c1-23(2)8-10-30(9-6-18-40-22-30)36-28-24-20-26(39-3)27(41-19-7-15-37-13-4-5-14-37)21-25(24)34-29(35-28)38-16-11-31(32,33)12-17-38/h20-21,23H,4-19,22H2,1-3H3,(H,34,35,36)/t30-/m0/s1. The highest BCUT2D eigenvalue weighted by Crippen LogP contribution is 2.39. The number of anilines is 2. The van der Waals surface area contributed by atoms with Gasteiger partial charge in [0.1, 0.15) is 5.82 Å². The first-order valence-electron chi connectivity index (χ1n) is 15.5. The molecule has 0 saturated carbocycles. The summed E-state index contributed by atoms with van der Waals surface area (Å²) in [5.74, 6) is 0.350. The van der Waals surface area contributed by atoms with Gasteiger partial charge in [0.05, 0.1) is 31.4 Å². The highest BCUT2D eigenvalue weighted by Gasteiger charge is 2.37. The van der Waals surface area contributed by atoms with Gasteiger partial charge in [-0.3, -0.25) is 0 Å². The van der Waals surface area contributed by atoms with Crippen LogP contribution < -0.4 is 19.7 Å². The fraction of sp³-hybridized carbons (Fsp3) is 0.742. The van der Waals surface area contributed by atoms with Crippen molar-refractivity contribution in [1.29, 1.82) is 0 Å². The van der Waals surface area contributed by atoms with Gasteiger partial charge in [0.25, 0.3) is 5.92 Å². The number of hydrogen-bond donors (Lipinski definition) is 1. The summed E-state index contributed by atoms with van der Waals surface area (Å²) in [6, 6.07) is 3.86. The van der Waals surface area contributed by atoms with Crippen molar-refractivity contribution in [3.05, 3.63) is 12.1 Å². The first kappa shape index (κ1) is 30.0. The molecule has 1 atom stereocenters. The van der Waals surface area contributed by atoms with Gasteiger partial charge in [-0.05, 0) is 70.0 Å². The molecule has 3 aliphatic rings. The maximum absolute atomic E-state index is 14.0. The largest absolute Gasteiger partial charge is 0.493 e. The van der Waals surface area contributed by atoms with E-state index in [1.807, 2.05) is 17.0 Å². The van der Waals surface area contributed by atoms with Gasteiger partial charge < -0.3 is 29.3 Å². The van der Waals surface area contributed by atoms with Crippen LogP contribution in [0.1, 0.15) is 71.6 Å². The van der Waals surface area contributed by atoms with Crippen LogP contribution >= 0.6 is 0 Å². The van der Waals surface area contributed by atoms with E-state index in [4.69, 9.17) is 24.2 Å². The molecule has 10 heteroatoms. The molecule has 8 nitrogen and oxygen atoms in total. The molecule has 3 saturated heterocycles. The summed E-state index contributed by atoms with van der Waals surface area (Å²) < 4.78 is 45.9. The summed E-state index contributed by atoms with van der Waals surface area (Å²) >= 11 is 0. The van der Waals surface area contributed by atoms with E-state index in [2.05, 4.69) is 24.1 Å². The zero-order valence-corrected chi connectivity index (χ0v) is 25.0. The number of benzene rings is 1. The van der Waals surface area contributed by atoms with Gasteiger partial charge in [0.2, 0.25) is 5.95 Å². The van der Waals surface area contributed by atoms with Crippen LogP contribution in [0.15, 0.2) is 12.1 Å². The minimum Gasteiger partial charge on any atom is -0.493 e. The fourth-order valence-corrected chi connectivity index (χ4v) is 6.17. The van der Waals surface area contributed by atoms with Crippen molar-refractivity contribution in [2.75, 3.05) is 69.9 Å². The number of rotatable bonds is 12. The van der Waals surface area contributed by atoms with Crippen molar-refractivity contribution in [1.82, 2.24) is 14.9 Å². The van der Waals surface area contributed by atoms with Gasteiger partial charge in [-0.1, -0.05) is 13.8 Å². The molecule has 3 aliphatic heterocycles. The Kier molecular flexibility index (Phi) is 9.69. The Morgan fingerprint density at radius 1 is 1.02 bits per heavy atom. The van der Waals surface area contributed by atoms with E-state index in [1.165, 1.54) is 25.9 Å². The van der Waals surface area contributed by atoms with E-state index in [0.717, 1.165) is 50.6 Å². The molecule has 4 heterocycles. The predicted octanol–water partition coefficient (Wildman–Crippen LogP) is 6.14. The highest BCUT2D eigenvalue weighted by atomic mass is 19.3. The van der Waals surface area contributed by atoms with Crippen molar-refractivity contribution in [2.45, 2.75) is 83.1 Å². The van der Waals surface area contributed by atoms with Crippen LogP contribution in [-0.4, -0.2) is 86.0 Å². The second kappa shape index (κ2) is 13.2. The number of halogens is 2. The smallest absolute Gasteiger partial charge is 0.251 e. The van der Waals surface area contributed by atoms with Crippen molar-refractivity contribution < 1.29 is 23.0 Å². The molecule has 228 valence electrons. The maximum Gasteiger partial charge on any atom is 0.251 e. The Labute approximate surface area is 243 Å². The van der Waals surface area contributed by atoms with Crippen LogP contribution in [0.2, 0.25) is 0 Å². The molecule has 2 aromatic rings. The Balaban J connectivity index is 1.46. The van der Waals surface area contributed by atoms with Gasteiger partial charge in [0.15, 0.2) is 11.5 Å². The Bertz CT molecular complexity index is 1140. The highest BCUT2D eigenvalue weighted by molar-refractivity contribution is 5.93. The van der Waals surface area contributed by atoms with Gasteiger partial charge in [-0.2, -0.15) is 4.98 Å². The normalized spacial score (nSPS) is 23.3. The molecule has 3 fully saturated rings. The third kappa shape index (κ3) is 7.69. The molecular weight excluding hydrogens is 528 g/mol. The summed E-state index contributed by atoms with van der Waals surface area (Å²) in [6.45, 7) is 10.2. The van der Waals surface area contributed by atoms with Crippen molar-refractivity contribution in [3.8, 4) is 11.5 Å². The summed E-state index contributed by atoms with van der Waals surface area (Å²) in [7, 11) is 1.65. The number of methoxy groups -OCH3 is 1. The van der Waals surface area contributed by atoms with Crippen LogP contribution in [-0.2, 0) is 4.74 Å². The monoisotopic (exact) mass is 575 g/mol. The molecule has 0 unspecified atom stereocenters.